The molecule has 0 unspecified atom stereocenters. The van der Waals surface area contributed by atoms with E-state index in [-0.39, 0.29) is 5.71 Å². The highest BCUT2D eigenvalue weighted by atomic mass is 35.5. The third-order valence-corrected chi connectivity index (χ3v) is 3.62. The fourth-order valence-corrected chi connectivity index (χ4v) is 2.76. The second-order valence-corrected chi connectivity index (χ2v) is 5.61. The number of halogens is 2. The van der Waals surface area contributed by atoms with Gasteiger partial charge in [0, 0.05) is 10.0 Å². The second kappa shape index (κ2) is 6.88. The summed E-state index contributed by atoms with van der Waals surface area (Å²) >= 11 is 13.3. The second-order valence-electron chi connectivity index (χ2n) is 3.79. The van der Waals surface area contributed by atoms with E-state index in [4.69, 9.17) is 27.9 Å². The van der Waals surface area contributed by atoms with Gasteiger partial charge in [-0.2, -0.15) is 0 Å². The first kappa shape index (κ1) is 15.0. The van der Waals surface area contributed by atoms with E-state index in [1.54, 1.807) is 25.1 Å². The van der Waals surface area contributed by atoms with Gasteiger partial charge in [-0.15, -0.1) is 11.3 Å². The molecular weight excluding hydrogens is 317 g/mol. The largest absolute Gasteiger partial charge is 0.461 e. The summed E-state index contributed by atoms with van der Waals surface area (Å²) in [6.45, 7) is 2.04. The number of aliphatic imine (C=N–C) groups is 1. The number of carbonyl (C=O) groups is 1. The molecule has 0 atom stereocenters. The van der Waals surface area contributed by atoms with Gasteiger partial charge in [-0.05, 0) is 36.6 Å². The fourth-order valence-electron chi connectivity index (χ4n) is 1.55. The Kier molecular flexibility index (Phi) is 5.17. The lowest BCUT2D eigenvalue weighted by Crippen LogP contribution is -2.17. The van der Waals surface area contributed by atoms with Crippen LogP contribution in [-0.4, -0.2) is 18.3 Å². The predicted octanol–water partition coefficient (Wildman–Crippen LogP) is 4.74. The van der Waals surface area contributed by atoms with E-state index < -0.39 is 5.97 Å². The van der Waals surface area contributed by atoms with Crippen LogP contribution in [0.3, 0.4) is 0 Å². The summed E-state index contributed by atoms with van der Waals surface area (Å²) in [6, 6.07) is 8.55. The number of benzene rings is 1. The monoisotopic (exact) mass is 327 g/mol. The van der Waals surface area contributed by atoms with E-state index >= 15 is 0 Å². The lowest BCUT2D eigenvalue weighted by atomic mass is 10.2. The van der Waals surface area contributed by atoms with Crippen molar-refractivity contribution in [2.75, 3.05) is 6.61 Å². The molecule has 104 valence electrons. The van der Waals surface area contributed by atoms with Gasteiger partial charge in [0.1, 0.15) is 0 Å². The van der Waals surface area contributed by atoms with Crippen LogP contribution in [-0.2, 0) is 9.53 Å². The number of nitrogens with zero attached hydrogens (tertiary/aromatic N) is 1. The lowest BCUT2D eigenvalue weighted by molar-refractivity contribution is -0.134. The number of thiophene rings is 1. The van der Waals surface area contributed by atoms with E-state index in [9.17, 15) is 4.79 Å². The van der Waals surface area contributed by atoms with Gasteiger partial charge in [-0.25, -0.2) is 9.79 Å². The maximum atomic E-state index is 12.0. The van der Waals surface area contributed by atoms with Crippen LogP contribution >= 0.6 is 34.5 Å². The Morgan fingerprint density at radius 1 is 1.30 bits per heavy atom. The number of ether oxygens (including phenoxy) is 1. The molecule has 0 bridgehead atoms. The molecule has 1 aromatic heterocycles. The van der Waals surface area contributed by atoms with E-state index in [1.807, 2.05) is 17.5 Å². The van der Waals surface area contributed by atoms with Crippen molar-refractivity contribution < 1.29 is 9.53 Å². The SMILES string of the molecule is CCOC(=O)/C(=N/c1cc(Cl)cc(Cl)c1)c1cccs1. The normalized spacial score (nSPS) is 11.4. The molecule has 2 aromatic rings. The van der Waals surface area contributed by atoms with Gasteiger partial charge in [-0.1, -0.05) is 29.3 Å². The first-order valence-corrected chi connectivity index (χ1v) is 7.49. The van der Waals surface area contributed by atoms with E-state index in [2.05, 4.69) is 4.99 Å². The number of carbonyl (C=O) groups excluding carboxylic acids is 1. The summed E-state index contributed by atoms with van der Waals surface area (Å²) in [7, 11) is 0. The minimum atomic E-state index is -0.467. The average Bonchev–Trinajstić information content (AvgIpc) is 2.88. The lowest BCUT2D eigenvalue weighted by Gasteiger charge is -2.05. The zero-order chi connectivity index (χ0) is 14.5. The van der Waals surface area contributed by atoms with Crippen molar-refractivity contribution in [1.82, 2.24) is 0 Å². The molecule has 0 aliphatic carbocycles. The van der Waals surface area contributed by atoms with Gasteiger partial charge < -0.3 is 4.74 Å². The summed E-state index contributed by atoms with van der Waals surface area (Å²) in [5.74, 6) is -0.467. The maximum absolute atomic E-state index is 12.0. The Labute approximate surface area is 130 Å². The van der Waals surface area contributed by atoms with Crippen LogP contribution in [0.4, 0.5) is 5.69 Å². The molecule has 0 spiro atoms. The third kappa shape index (κ3) is 3.82. The fraction of sp³-hybridized carbons (Fsp3) is 0.143. The maximum Gasteiger partial charge on any atom is 0.358 e. The Morgan fingerprint density at radius 3 is 2.55 bits per heavy atom. The standard InChI is InChI=1S/C14H11Cl2NO2S/c1-2-19-14(18)13(12-4-3-5-20-12)17-11-7-9(15)6-10(16)8-11/h3-8H,2H2,1H3/b17-13+. The third-order valence-electron chi connectivity index (χ3n) is 2.31. The van der Waals surface area contributed by atoms with Crippen LogP contribution < -0.4 is 0 Å². The van der Waals surface area contributed by atoms with Gasteiger partial charge >= 0.3 is 5.97 Å². The molecule has 0 N–H and O–H groups in total. The molecule has 2 rings (SSSR count). The highest BCUT2D eigenvalue weighted by Crippen LogP contribution is 2.26. The molecule has 0 fully saturated rings. The molecule has 0 radical (unpaired) electrons. The summed E-state index contributed by atoms with van der Waals surface area (Å²) in [6.07, 6.45) is 0. The highest BCUT2D eigenvalue weighted by molar-refractivity contribution is 7.13. The molecule has 6 heteroatoms. The van der Waals surface area contributed by atoms with Gasteiger partial charge in [-0.3, -0.25) is 0 Å². The number of esters is 1. The minimum Gasteiger partial charge on any atom is -0.461 e. The predicted molar refractivity (Wildman–Crippen MR) is 83.6 cm³/mol. The first-order valence-electron chi connectivity index (χ1n) is 5.86. The minimum absolute atomic E-state index is 0.250. The van der Waals surface area contributed by atoms with Crippen molar-refractivity contribution in [3.8, 4) is 0 Å². The Hall–Kier alpha value is -1.36. The van der Waals surface area contributed by atoms with Crippen LogP contribution in [0.25, 0.3) is 0 Å². The zero-order valence-corrected chi connectivity index (χ0v) is 12.9. The molecule has 1 heterocycles. The topological polar surface area (TPSA) is 38.7 Å². The number of rotatable bonds is 4. The molecular formula is C14H11Cl2NO2S. The first-order chi connectivity index (χ1) is 9.60. The summed E-state index contributed by atoms with van der Waals surface area (Å²) < 4.78 is 5.03. The molecule has 0 saturated carbocycles. The van der Waals surface area contributed by atoms with Crippen molar-refractivity contribution in [3.63, 3.8) is 0 Å². The molecule has 0 aliphatic rings. The van der Waals surface area contributed by atoms with Crippen LogP contribution in [0.1, 0.15) is 11.8 Å². The van der Waals surface area contributed by atoms with Crippen LogP contribution in [0.5, 0.6) is 0 Å². The van der Waals surface area contributed by atoms with Crippen molar-refractivity contribution in [1.29, 1.82) is 0 Å². The Balaban J connectivity index is 2.45. The van der Waals surface area contributed by atoms with Gasteiger partial charge in [0.2, 0.25) is 0 Å². The molecule has 20 heavy (non-hydrogen) atoms. The van der Waals surface area contributed by atoms with Crippen LogP contribution in [0.2, 0.25) is 10.0 Å². The van der Waals surface area contributed by atoms with Crippen molar-refractivity contribution in [3.05, 3.63) is 50.6 Å². The van der Waals surface area contributed by atoms with Crippen molar-refractivity contribution in [2.45, 2.75) is 6.92 Å². The van der Waals surface area contributed by atoms with Crippen LogP contribution in [0, 0.1) is 0 Å². The summed E-state index contributed by atoms with van der Waals surface area (Å²) in [4.78, 5) is 17.1. The summed E-state index contributed by atoms with van der Waals surface area (Å²) in [5.41, 5.74) is 0.763. The number of hydrogen-bond acceptors (Lipinski definition) is 4. The number of hydrogen-bond donors (Lipinski definition) is 0. The summed E-state index contributed by atoms with van der Waals surface area (Å²) in [5, 5.41) is 2.80. The Morgan fingerprint density at radius 2 is 2.00 bits per heavy atom. The Bertz CT molecular complexity index is 618. The van der Waals surface area contributed by atoms with Crippen molar-refractivity contribution >= 4 is 51.9 Å². The highest BCUT2D eigenvalue weighted by Gasteiger charge is 2.16. The molecule has 0 amide bonds. The van der Waals surface area contributed by atoms with Gasteiger partial charge in [0.15, 0.2) is 5.71 Å². The molecule has 1 aromatic carbocycles. The quantitative estimate of drug-likeness (QED) is 0.601. The smallest absolute Gasteiger partial charge is 0.358 e. The van der Waals surface area contributed by atoms with Gasteiger partial charge in [0.25, 0.3) is 0 Å². The molecule has 0 aliphatic heterocycles. The van der Waals surface area contributed by atoms with E-state index in [0.717, 1.165) is 4.88 Å². The zero-order valence-electron chi connectivity index (χ0n) is 10.6. The van der Waals surface area contributed by atoms with Crippen molar-refractivity contribution in [2.24, 2.45) is 4.99 Å². The molecule has 0 saturated heterocycles. The molecule has 3 nitrogen and oxygen atoms in total. The van der Waals surface area contributed by atoms with E-state index in [1.165, 1.54) is 11.3 Å². The van der Waals surface area contributed by atoms with Gasteiger partial charge in [0.05, 0.1) is 17.2 Å². The van der Waals surface area contributed by atoms with E-state index in [0.29, 0.717) is 22.3 Å². The van der Waals surface area contributed by atoms with Crippen LogP contribution in [0.15, 0.2) is 40.7 Å². The average molecular weight is 328 g/mol.